The summed E-state index contributed by atoms with van der Waals surface area (Å²) in [7, 11) is 0. The molecular weight excluding hydrogens is 234 g/mol. The van der Waals surface area contributed by atoms with Crippen molar-refractivity contribution >= 4 is 0 Å². The summed E-state index contributed by atoms with van der Waals surface area (Å²) < 4.78 is 0. The van der Waals surface area contributed by atoms with E-state index in [4.69, 9.17) is 5.73 Å². The minimum atomic E-state index is 0.0843. The van der Waals surface area contributed by atoms with E-state index in [9.17, 15) is 5.11 Å². The lowest BCUT2D eigenvalue weighted by atomic mass is 9.69. The lowest BCUT2D eigenvalue weighted by molar-refractivity contribution is 0.255. The van der Waals surface area contributed by atoms with E-state index in [2.05, 4.69) is 24.3 Å². The van der Waals surface area contributed by atoms with Gasteiger partial charge in [-0.05, 0) is 36.8 Å². The molecule has 1 aromatic rings. The fourth-order valence-corrected chi connectivity index (χ4v) is 3.71. The molecule has 0 atom stereocenters. The Balaban J connectivity index is 1.85. The highest BCUT2D eigenvalue weighted by molar-refractivity contribution is 5.37. The van der Waals surface area contributed by atoms with E-state index in [0.29, 0.717) is 0 Å². The number of aliphatic hydroxyl groups is 1. The maximum atomic E-state index is 9.50. The van der Waals surface area contributed by atoms with E-state index in [-0.39, 0.29) is 17.4 Å². The van der Waals surface area contributed by atoms with Gasteiger partial charge in [-0.2, -0.15) is 0 Å². The lowest BCUT2D eigenvalue weighted by Crippen LogP contribution is -2.37. The van der Waals surface area contributed by atoms with E-state index < -0.39 is 0 Å². The van der Waals surface area contributed by atoms with Crippen molar-refractivity contribution in [3.63, 3.8) is 0 Å². The van der Waals surface area contributed by atoms with Gasteiger partial charge >= 0.3 is 0 Å². The first-order valence-electron chi connectivity index (χ1n) is 7.67. The molecule has 104 valence electrons. The Bertz CT molecular complexity index is 427. The Morgan fingerprint density at radius 2 is 1.37 bits per heavy atom. The van der Waals surface area contributed by atoms with Crippen molar-refractivity contribution in [2.75, 3.05) is 13.2 Å². The molecule has 19 heavy (non-hydrogen) atoms. The normalized spacial score (nSPS) is 24.1. The molecule has 0 aliphatic heterocycles. The summed E-state index contributed by atoms with van der Waals surface area (Å²) >= 11 is 0. The number of rotatable bonds is 4. The molecule has 0 heterocycles. The van der Waals surface area contributed by atoms with Gasteiger partial charge in [0.05, 0.1) is 6.61 Å². The van der Waals surface area contributed by atoms with Gasteiger partial charge in [0.2, 0.25) is 0 Å². The van der Waals surface area contributed by atoms with Crippen LogP contribution in [-0.4, -0.2) is 18.3 Å². The fourth-order valence-electron chi connectivity index (χ4n) is 3.71. The summed E-state index contributed by atoms with van der Waals surface area (Å²) in [4.78, 5) is 0. The largest absolute Gasteiger partial charge is 0.395 e. The highest BCUT2D eigenvalue weighted by atomic mass is 16.3. The first-order chi connectivity index (χ1) is 9.25. The summed E-state index contributed by atoms with van der Waals surface area (Å²) in [5.74, 6) is 0. The first-order valence-corrected chi connectivity index (χ1v) is 7.67. The van der Waals surface area contributed by atoms with Gasteiger partial charge < -0.3 is 10.8 Å². The van der Waals surface area contributed by atoms with Gasteiger partial charge in [-0.15, -0.1) is 0 Å². The molecule has 1 aromatic carbocycles. The van der Waals surface area contributed by atoms with Gasteiger partial charge in [0, 0.05) is 17.4 Å². The van der Waals surface area contributed by atoms with E-state index >= 15 is 0 Å². The van der Waals surface area contributed by atoms with Crippen molar-refractivity contribution in [1.29, 1.82) is 0 Å². The highest BCUT2D eigenvalue weighted by Gasteiger charge is 2.43. The second kappa shape index (κ2) is 4.92. The van der Waals surface area contributed by atoms with Gasteiger partial charge in [-0.25, -0.2) is 0 Å². The van der Waals surface area contributed by atoms with E-state index in [1.54, 1.807) is 0 Å². The second-order valence-corrected chi connectivity index (χ2v) is 6.56. The molecule has 3 rings (SSSR count). The van der Waals surface area contributed by atoms with Crippen LogP contribution in [0.2, 0.25) is 0 Å². The summed E-state index contributed by atoms with van der Waals surface area (Å²) in [5.41, 5.74) is 9.11. The molecule has 0 aromatic heterocycles. The minimum absolute atomic E-state index is 0.0843. The smallest absolute Gasteiger partial charge is 0.0527 e. The van der Waals surface area contributed by atoms with Crippen molar-refractivity contribution in [3.8, 4) is 0 Å². The standard InChI is InChI=1S/C17H25NO/c18-12-16(8-2-1-3-9-16)14-4-6-15(7-5-14)17(13-19)10-11-17/h4-7,19H,1-3,8-13,18H2. The van der Waals surface area contributed by atoms with Crippen LogP contribution in [0.4, 0.5) is 0 Å². The third-order valence-corrected chi connectivity index (χ3v) is 5.47. The SMILES string of the molecule is NCC1(c2ccc(C3(CO)CC3)cc2)CCCCC1. The number of aliphatic hydroxyl groups excluding tert-OH is 1. The maximum Gasteiger partial charge on any atom is 0.0527 e. The number of nitrogens with two attached hydrogens (primary N) is 1. The quantitative estimate of drug-likeness (QED) is 0.873. The van der Waals surface area contributed by atoms with E-state index in [0.717, 1.165) is 19.4 Å². The molecule has 2 aliphatic carbocycles. The predicted octanol–water partition coefficient (Wildman–Crippen LogP) is 2.87. The Morgan fingerprint density at radius 3 is 1.79 bits per heavy atom. The first kappa shape index (κ1) is 13.1. The van der Waals surface area contributed by atoms with Crippen LogP contribution in [0.5, 0.6) is 0 Å². The Morgan fingerprint density at radius 1 is 0.842 bits per heavy atom. The molecule has 3 N–H and O–H groups in total. The Kier molecular flexibility index (Phi) is 3.40. The molecule has 0 radical (unpaired) electrons. The fraction of sp³-hybridized carbons (Fsp3) is 0.647. The summed E-state index contributed by atoms with van der Waals surface area (Å²) in [6.45, 7) is 1.05. The molecule has 2 fully saturated rings. The molecule has 2 saturated carbocycles. The lowest BCUT2D eigenvalue weighted by Gasteiger charge is -2.37. The zero-order valence-corrected chi connectivity index (χ0v) is 11.7. The van der Waals surface area contributed by atoms with Crippen LogP contribution >= 0.6 is 0 Å². The molecule has 0 saturated heterocycles. The van der Waals surface area contributed by atoms with Crippen LogP contribution in [0, 0.1) is 0 Å². The van der Waals surface area contributed by atoms with Crippen LogP contribution in [0.3, 0.4) is 0 Å². The third-order valence-electron chi connectivity index (χ3n) is 5.47. The summed E-state index contributed by atoms with van der Waals surface area (Å²) in [6.07, 6.45) is 8.68. The van der Waals surface area contributed by atoms with E-state index in [1.165, 1.54) is 43.2 Å². The van der Waals surface area contributed by atoms with Crippen molar-refractivity contribution in [2.24, 2.45) is 5.73 Å². The number of hydrogen-bond acceptors (Lipinski definition) is 2. The average Bonchev–Trinajstić information content (AvgIpc) is 3.29. The Labute approximate surface area is 116 Å². The van der Waals surface area contributed by atoms with Crippen molar-refractivity contribution < 1.29 is 5.11 Å². The van der Waals surface area contributed by atoms with Crippen molar-refractivity contribution in [2.45, 2.75) is 55.8 Å². The van der Waals surface area contributed by atoms with Gasteiger partial charge in [0.1, 0.15) is 0 Å². The van der Waals surface area contributed by atoms with Gasteiger partial charge in [-0.3, -0.25) is 0 Å². The maximum absolute atomic E-state index is 9.50. The summed E-state index contributed by atoms with van der Waals surface area (Å²) in [5, 5.41) is 9.50. The Hall–Kier alpha value is -0.860. The van der Waals surface area contributed by atoms with Crippen LogP contribution in [0.25, 0.3) is 0 Å². The summed E-state index contributed by atoms with van der Waals surface area (Å²) in [6, 6.07) is 8.99. The van der Waals surface area contributed by atoms with Crippen molar-refractivity contribution in [1.82, 2.24) is 0 Å². The minimum Gasteiger partial charge on any atom is -0.395 e. The zero-order valence-electron chi connectivity index (χ0n) is 11.7. The molecule has 2 nitrogen and oxygen atoms in total. The van der Waals surface area contributed by atoms with Crippen LogP contribution in [0.1, 0.15) is 56.1 Å². The van der Waals surface area contributed by atoms with Gasteiger partial charge in [0.15, 0.2) is 0 Å². The molecule has 2 aliphatic rings. The van der Waals surface area contributed by atoms with Gasteiger partial charge in [0.25, 0.3) is 0 Å². The second-order valence-electron chi connectivity index (χ2n) is 6.56. The highest BCUT2D eigenvalue weighted by Crippen LogP contribution is 2.48. The van der Waals surface area contributed by atoms with Crippen LogP contribution in [0.15, 0.2) is 24.3 Å². The number of hydrogen-bond donors (Lipinski definition) is 2. The molecule has 0 bridgehead atoms. The van der Waals surface area contributed by atoms with Crippen LogP contribution in [-0.2, 0) is 10.8 Å². The molecular formula is C17H25NO. The van der Waals surface area contributed by atoms with E-state index in [1.807, 2.05) is 0 Å². The predicted molar refractivity (Wildman–Crippen MR) is 78.3 cm³/mol. The molecule has 2 heteroatoms. The molecule has 0 amide bonds. The third kappa shape index (κ3) is 2.21. The zero-order chi connectivity index (χ0) is 13.3. The van der Waals surface area contributed by atoms with Gasteiger partial charge in [-0.1, -0.05) is 43.5 Å². The van der Waals surface area contributed by atoms with Crippen molar-refractivity contribution in [3.05, 3.63) is 35.4 Å². The molecule has 0 spiro atoms. The monoisotopic (exact) mass is 259 g/mol. The topological polar surface area (TPSA) is 46.2 Å². The number of benzene rings is 1. The van der Waals surface area contributed by atoms with Crippen LogP contribution < -0.4 is 5.73 Å². The average molecular weight is 259 g/mol. The molecule has 0 unspecified atom stereocenters.